The summed E-state index contributed by atoms with van der Waals surface area (Å²) in [5.41, 5.74) is 1.69. The molecule has 0 spiro atoms. The SMILES string of the molecule is CCN1CCCC1C1CCCN1C(=O)c1ccc(C)nc1. The highest BCUT2D eigenvalue weighted by Crippen LogP contribution is 2.30. The molecule has 0 bridgehead atoms. The van der Waals surface area contributed by atoms with Crippen LogP contribution in [0.2, 0.25) is 0 Å². The van der Waals surface area contributed by atoms with Crippen molar-refractivity contribution in [3.05, 3.63) is 29.6 Å². The third kappa shape index (κ3) is 2.82. The van der Waals surface area contributed by atoms with Crippen LogP contribution < -0.4 is 0 Å². The number of pyridine rings is 1. The molecule has 0 aromatic carbocycles. The van der Waals surface area contributed by atoms with Gasteiger partial charge in [-0.05, 0) is 57.8 Å². The minimum absolute atomic E-state index is 0.160. The van der Waals surface area contributed by atoms with Crippen molar-refractivity contribution in [2.45, 2.75) is 51.6 Å². The fraction of sp³-hybridized carbons (Fsp3) is 0.647. The first-order valence-corrected chi connectivity index (χ1v) is 8.18. The third-order valence-electron chi connectivity index (χ3n) is 4.98. The highest BCUT2D eigenvalue weighted by Gasteiger charge is 2.39. The van der Waals surface area contributed by atoms with E-state index < -0.39 is 0 Å². The van der Waals surface area contributed by atoms with E-state index in [0.717, 1.165) is 37.2 Å². The van der Waals surface area contributed by atoms with Crippen molar-refractivity contribution in [2.24, 2.45) is 0 Å². The van der Waals surface area contributed by atoms with Crippen LogP contribution in [0.1, 0.15) is 48.7 Å². The van der Waals surface area contributed by atoms with Gasteiger partial charge in [-0.2, -0.15) is 0 Å². The van der Waals surface area contributed by atoms with Crippen LogP contribution in [0.15, 0.2) is 18.3 Å². The Hall–Kier alpha value is -1.42. The smallest absolute Gasteiger partial charge is 0.255 e. The van der Waals surface area contributed by atoms with Gasteiger partial charge in [0.2, 0.25) is 0 Å². The number of carbonyl (C=O) groups excluding carboxylic acids is 1. The zero-order chi connectivity index (χ0) is 14.8. The molecule has 0 aliphatic carbocycles. The molecular formula is C17H25N3O. The maximum atomic E-state index is 12.8. The molecule has 2 atom stereocenters. The number of likely N-dealkylation sites (tertiary alicyclic amines) is 2. The number of likely N-dealkylation sites (N-methyl/N-ethyl adjacent to an activating group) is 1. The van der Waals surface area contributed by atoms with Crippen molar-refractivity contribution in [1.29, 1.82) is 0 Å². The Bertz CT molecular complexity index is 499. The second-order valence-corrected chi connectivity index (χ2v) is 6.23. The number of rotatable bonds is 3. The van der Waals surface area contributed by atoms with Gasteiger partial charge in [0, 0.05) is 30.5 Å². The van der Waals surface area contributed by atoms with E-state index in [1.165, 1.54) is 19.4 Å². The third-order valence-corrected chi connectivity index (χ3v) is 4.98. The Labute approximate surface area is 127 Å². The lowest BCUT2D eigenvalue weighted by molar-refractivity contribution is 0.0649. The standard InChI is InChI=1S/C17H25N3O/c1-3-19-10-4-6-15(19)16-7-5-11-20(16)17(21)14-9-8-13(2)18-12-14/h8-9,12,15-16H,3-7,10-11H2,1-2H3. The van der Waals surface area contributed by atoms with E-state index >= 15 is 0 Å². The first-order chi connectivity index (χ1) is 10.2. The van der Waals surface area contributed by atoms with E-state index in [1.807, 2.05) is 19.1 Å². The van der Waals surface area contributed by atoms with Crippen LogP contribution in [0.4, 0.5) is 0 Å². The molecule has 1 amide bonds. The van der Waals surface area contributed by atoms with Gasteiger partial charge < -0.3 is 4.90 Å². The highest BCUT2D eigenvalue weighted by molar-refractivity contribution is 5.94. The number of hydrogen-bond acceptors (Lipinski definition) is 3. The fourth-order valence-electron chi connectivity index (χ4n) is 3.89. The fourth-order valence-corrected chi connectivity index (χ4v) is 3.89. The molecule has 0 saturated carbocycles. The molecule has 0 radical (unpaired) electrons. The largest absolute Gasteiger partial charge is 0.334 e. The van der Waals surface area contributed by atoms with Gasteiger partial charge in [0.25, 0.3) is 5.91 Å². The molecule has 114 valence electrons. The zero-order valence-corrected chi connectivity index (χ0v) is 13.1. The average molecular weight is 287 g/mol. The Kier molecular flexibility index (Phi) is 4.24. The van der Waals surface area contributed by atoms with Crippen molar-refractivity contribution in [3.8, 4) is 0 Å². The van der Waals surface area contributed by atoms with Crippen molar-refractivity contribution in [2.75, 3.05) is 19.6 Å². The Morgan fingerprint density at radius 1 is 1.24 bits per heavy atom. The average Bonchev–Trinajstić information content (AvgIpc) is 3.15. The summed E-state index contributed by atoms with van der Waals surface area (Å²) < 4.78 is 0. The molecule has 2 saturated heterocycles. The van der Waals surface area contributed by atoms with Crippen molar-refractivity contribution < 1.29 is 4.79 Å². The first kappa shape index (κ1) is 14.5. The highest BCUT2D eigenvalue weighted by atomic mass is 16.2. The van der Waals surface area contributed by atoms with E-state index in [4.69, 9.17) is 0 Å². The van der Waals surface area contributed by atoms with E-state index in [-0.39, 0.29) is 5.91 Å². The molecule has 3 rings (SSSR count). The summed E-state index contributed by atoms with van der Waals surface area (Å²) in [6.45, 7) is 7.35. The molecule has 2 aliphatic heterocycles. The molecule has 1 aromatic heterocycles. The van der Waals surface area contributed by atoms with Gasteiger partial charge >= 0.3 is 0 Å². The number of hydrogen-bond donors (Lipinski definition) is 0. The molecule has 3 heterocycles. The molecule has 2 fully saturated rings. The Morgan fingerprint density at radius 3 is 2.71 bits per heavy atom. The van der Waals surface area contributed by atoms with E-state index in [9.17, 15) is 4.79 Å². The van der Waals surface area contributed by atoms with Gasteiger partial charge in [0.15, 0.2) is 0 Å². The summed E-state index contributed by atoms with van der Waals surface area (Å²) in [6, 6.07) is 4.78. The summed E-state index contributed by atoms with van der Waals surface area (Å²) >= 11 is 0. The number of aryl methyl sites for hydroxylation is 1. The van der Waals surface area contributed by atoms with E-state index in [2.05, 4.69) is 21.7 Å². The summed E-state index contributed by atoms with van der Waals surface area (Å²) in [4.78, 5) is 21.7. The van der Waals surface area contributed by atoms with Crippen molar-refractivity contribution in [3.63, 3.8) is 0 Å². The lowest BCUT2D eigenvalue weighted by atomic mass is 10.0. The molecule has 2 aliphatic rings. The molecule has 21 heavy (non-hydrogen) atoms. The minimum atomic E-state index is 0.160. The van der Waals surface area contributed by atoms with Crippen LogP contribution in [-0.4, -0.2) is 52.4 Å². The molecule has 1 aromatic rings. The molecule has 2 unspecified atom stereocenters. The van der Waals surface area contributed by atoms with E-state index in [0.29, 0.717) is 12.1 Å². The maximum Gasteiger partial charge on any atom is 0.255 e. The maximum absolute atomic E-state index is 12.8. The molecular weight excluding hydrogens is 262 g/mol. The van der Waals surface area contributed by atoms with Gasteiger partial charge in [-0.25, -0.2) is 0 Å². The first-order valence-electron chi connectivity index (χ1n) is 8.18. The lowest BCUT2D eigenvalue weighted by Crippen LogP contribution is -2.48. The summed E-state index contributed by atoms with van der Waals surface area (Å²) in [7, 11) is 0. The zero-order valence-electron chi connectivity index (χ0n) is 13.1. The summed E-state index contributed by atoms with van der Waals surface area (Å²) in [6.07, 6.45) is 6.49. The van der Waals surface area contributed by atoms with Crippen LogP contribution >= 0.6 is 0 Å². The van der Waals surface area contributed by atoms with Crippen LogP contribution in [0.5, 0.6) is 0 Å². The number of nitrogens with zero attached hydrogens (tertiary/aromatic N) is 3. The van der Waals surface area contributed by atoms with Crippen LogP contribution in [-0.2, 0) is 0 Å². The number of aromatic nitrogens is 1. The Morgan fingerprint density at radius 2 is 2.00 bits per heavy atom. The second-order valence-electron chi connectivity index (χ2n) is 6.23. The van der Waals surface area contributed by atoms with Gasteiger partial charge in [-0.3, -0.25) is 14.7 Å². The normalized spacial score (nSPS) is 26.5. The van der Waals surface area contributed by atoms with Gasteiger partial charge in [0.05, 0.1) is 5.56 Å². The number of carbonyl (C=O) groups is 1. The Balaban J connectivity index is 1.77. The van der Waals surface area contributed by atoms with Gasteiger partial charge in [-0.15, -0.1) is 0 Å². The predicted octanol–water partition coefficient (Wildman–Crippen LogP) is 2.48. The molecule has 4 heteroatoms. The topological polar surface area (TPSA) is 36.4 Å². The van der Waals surface area contributed by atoms with E-state index in [1.54, 1.807) is 6.20 Å². The minimum Gasteiger partial charge on any atom is -0.334 e. The summed E-state index contributed by atoms with van der Waals surface area (Å²) in [5, 5.41) is 0. The van der Waals surface area contributed by atoms with Crippen LogP contribution in [0.3, 0.4) is 0 Å². The van der Waals surface area contributed by atoms with Crippen molar-refractivity contribution in [1.82, 2.24) is 14.8 Å². The van der Waals surface area contributed by atoms with Gasteiger partial charge in [-0.1, -0.05) is 6.92 Å². The quantitative estimate of drug-likeness (QED) is 0.857. The van der Waals surface area contributed by atoms with Crippen LogP contribution in [0.25, 0.3) is 0 Å². The van der Waals surface area contributed by atoms with Gasteiger partial charge in [0.1, 0.15) is 0 Å². The van der Waals surface area contributed by atoms with Crippen molar-refractivity contribution >= 4 is 5.91 Å². The predicted molar refractivity (Wildman–Crippen MR) is 83.3 cm³/mol. The van der Waals surface area contributed by atoms with Crippen LogP contribution in [0, 0.1) is 6.92 Å². The molecule has 4 nitrogen and oxygen atoms in total. The monoisotopic (exact) mass is 287 g/mol. The number of amides is 1. The second kappa shape index (κ2) is 6.14. The molecule has 0 N–H and O–H groups in total. The summed E-state index contributed by atoms with van der Waals surface area (Å²) in [5.74, 6) is 0.160. The lowest BCUT2D eigenvalue weighted by Gasteiger charge is -2.34.